The van der Waals surface area contributed by atoms with Crippen LogP contribution in [0.3, 0.4) is 0 Å². The van der Waals surface area contributed by atoms with E-state index in [4.69, 9.17) is 25.5 Å². The summed E-state index contributed by atoms with van der Waals surface area (Å²) in [6.07, 6.45) is 2.79. The summed E-state index contributed by atoms with van der Waals surface area (Å²) in [5.41, 5.74) is 1.18. The van der Waals surface area contributed by atoms with Crippen LogP contribution in [0.5, 0.6) is 11.5 Å². The van der Waals surface area contributed by atoms with Crippen LogP contribution in [0.4, 0.5) is 4.79 Å². The first-order valence-electron chi connectivity index (χ1n) is 10.6. The number of urea groups is 1. The molecule has 4 rings (SSSR count). The molecule has 1 fully saturated rings. The maximum absolute atomic E-state index is 13.0. The van der Waals surface area contributed by atoms with E-state index in [-0.39, 0.29) is 23.7 Å². The number of rotatable bonds is 8. The summed E-state index contributed by atoms with van der Waals surface area (Å²) in [6.45, 7) is 2.33. The molecule has 0 unspecified atom stereocenters. The second-order valence-electron chi connectivity index (χ2n) is 7.47. The number of nitrogens with one attached hydrogen (secondary N) is 1. The highest BCUT2D eigenvalue weighted by molar-refractivity contribution is 14.1. The molecule has 8 nitrogen and oxygen atoms in total. The van der Waals surface area contributed by atoms with Crippen molar-refractivity contribution in [1.29, 1.82) is 0 Å². The molecule has 1 aliphatic rings. The molecule has 0 saturated carbocycles. The number of hydrogen-bond acceptors (Lipinski definition) is 6. The second-order valence-corrected chi connectivity index (χ2v) is 9.12. The zero-order valence-electron chi connectivity index (χ0n) is 18.5. The number of carbonyl (C=O) groups is 3. The molecule has 1 N–H and O–H groups in total. The van der Waals surface area contributed by atoms with Crippen LogP contribution >= 0.6 is 34.2 Å². The summed E-state index contributed by atoms with van der Waals surface area (Å²) in [7, 11) is 0. The standard InChI is InChI=1S/C25H20ClIN2O6/c1-2-33-21-12-16(11-20(26)22(21)35-14-15-5-7-17(27)8-6-15)10-19-23(30)28-25(32)29(24(19)31)13-18-4-3-9-34-18/h3-12H,2,13-14H2,1H3,(H,28,30,32)/b19-10+. The fraction of sp³-hybridized carbons (Fsp3) is 0.160. The van der Waals surface area contributed by atoms with E-state index < -0.39 is 17.8 Å². The summed E-state index contributed by atoms with van der Waals surface area (Å²) in [5.74, 6) is -0.432. The molecule has 0 atom stereocenters. The molecule has 1 aliphatic heterocycles. The number of hydrogen-bond donors (Lipinski definition) is 1. The molecule has 2 aromatic carbocycles. The third-order valence-corrected chi connectivity index (χ3v) is 6.02. The summed E-state index contributed by atoms with van der Waals surface area (Å²) in [6, 6.07) is 13.5. The minimum atomic E-state index is -0.819. The van der Waals surface area contributed by atoms with Gasteiger partial charge in [-0.2, -0.15) is 0 Å². The van der Waals surface area contributed by atoms with Gasteiger partial charge in [0, 0.05) is 3.57 Å². The number of ether oxygens (including phenoxy) is 2. The largest absolute Gasteiger partial charge is 0.490 e. The van der Waals surface area contributed by atoms with Crippen molar-refractivity contribution in [2.45, 2.75) is 20.1 Å². The van der Waals surface area contributed by atoms with E-state index >= 15 is 0 Å². The lowest BCUT2D eigenvalue weighted by atomic mass is 10.1. The molecular formula is C25H20ClIN2O6. The van der Waals surface area contributed by atoms with Crippen molar-refractivity contribution < 1.29 is 28.3 Å². The summed E-state index contributed by atoms with van der Waals surface area (Å²) in [4.78, 5) is 38.5. The zero-order valence-corrected chi connectivity index (χ0v) is 21.5. The Balaban J connectivity index is 1.61. The van der Waals surface area contributed by atoms with Gasteiger partial charge in [0.1, 0.15) is 17.9 Å². The molecule has 0 aliphatic carbocycles. The fourth-order valence-electron chi connectivity index (χ4n) is 3.37. The van der Waals surface area contributed by atoms with Crippen LogP contribution in [0.25, 0.3) is 6.08 Å². The molecule has 0 radical (unpaired) electrons. The number of furan rings is 1. The van der Waals surface area contributed by atoms with Crippen LogP contribution in [0.15, 0.2) is 64.8 Å². The summed E-state index contributed by atoms with van der Waals surface area (Å²) in [5, 5.41) is 2.43. The molecule has 1 saturated heterocycles. The van der Waals surface area contributed by atoms with Gasteiger partial charge in [-0.1, -0.05) is 23.7 Å². The molecule has 35 heavy (non-hydrogen) atoms. The van der Waals surface area contributed by atoms with Crippen molar-refractivity contribution >= 4 is 58.1 Å². The quantitative estimate of drug-likeness (QED) is 0.216. The molecule has 10 heteroatoms. The Morgan fingerprint density at radius 3 is 2.57 bits per heavy atom. The Bertz CT molecular complexity index is 1290. The number of barbiturate groups is 1. The first-order chi connectivity index (χ1) is 16.9. The molecular weight excluding hydrogens is 587 g/mol. The lowest BCUT2D eigenvalue weighted by Crippen LogP contribution is -2.53. The number of imide groups is 2. The topological polar surface area (TPSA) is 98.1 Å². The predicted octanol–water partition coefficient (Wildman–Crippen LogP) is 5.18. The first-order valence-corrected chi connectivity index (χ1v) is 12.1. The molecule has 0 bridgehead atoms. The number of nitrogens with zero attached hydrogens (tertiary/aromatic N) is 1. The highest BCUT2D eigenvalue weighted by Crippen LogP contribution is 2.38. The maximum Gasteiger partial charge on any atom is 0.331 e. The van der Waals surface area contributed by atoms with Crippen LogP contribution in [0.2, 0.25) is 5.02 Å². The molecule has 180 valence electrons. The summed E-state index contributed by atoms with van der Waals surface area (Å²) >= 11 is 8.73. The van der Waals surface area contributed by atoms with Crippen molar-refractivity contribution in [2.24, 2.45) is 0 Å². The van der Waals surface area contributed by atoms with E-state index in [0.717, 1.165) is 14.0 Å². The molecule has 2 heterocycles. The number of halogens is 2. The average molecular weight is 607 g/mol. The molecule has 0 spiro atoms. The van der Waals surface area contributed by atoms with Crippen molar-refractivity contribution in [1.82, 2.24) is 10.2 Å². The van der Waals surface area contributed by atoms with E-state index in [1.807, 2.05) is 31.2 Å². The van der Waals surface area contributed by atoms with Crippen molar-refractivity contribution in [3.05, 3.63) is 85.8 Å². The van der Waals surface area contributed by atoms with E-state index in [1.54, 1.807) is 24.3 Å². The van der Waals surface area contributed by atoms with Crippen molar-refractivity contribution in [3.8, 4) is 11.5 Å². The highest BCUT2D eigenvalue weighted by Gasteiger charge is 2.36. The van der Waals surface area contributed by atoms with Gasteiger partial charge in [-0.05, 0) is 83.1 Å². The third kappa shape index (κ3) is 5.85. The van der Waals surface area contributed by atoms with Crippen LogP contribution in [0.1, 0.15) is 23.8 Å². The van der Waals surface area contributed by atoms with Gasteiger partial charge in [-0.25, -0.2) is 4.79 Å². The lowest BCUT2D eigenvalue weighted by molar-refractivity contribution is -0.130. The second kappa shape index (κ2) is 11.0. The third-order valence-electron chi connectivity index (χ3n) is 5.02. The molecule has 3 aromatic rings. The predicted molar refractivity (Wildman–Crippen MR) is 137 cm³/mol. The SMILES string of the molecule is CCOc1cc(/C=C2\C(=O)NC(=O)N(Cc3ccco3)C2=O)cc(Cl)c1OCc1ccc(I)cc1. The van der Waals surface area contributed by atoms with Gasteiger partial charge in [-0.15, -0.1) is 0 Å². The number of benzene rings is 2. The fourth-order valence-corrected chi connectivity index (χ4v) is 4.01. The van der Waals surface area contributed by atoms with Gasteiger partial charge < -0.3 is 13.9 Å². The van der Waals surface area contributed by atoms with Crippen LogP contribution < -0.4 is 14.8 Å². The van der Waals surface area contributed by atoms with Gasteiger partial charge in [0.25, 0.3) is 11.8 Å². The summed E-state index contributed by atoms with van der Waals surface area (Å²) < 4.78 is 18.0. The normalized spacial score (nSPS) is 14.9. The minimum Gasteiger partial charge on any atom is -0.490 e. The highest BCUT2D eigenvalue weighted by atomic mass is 127. The van der Waals surface area contributed by atoms with E-state index in [9.17, 15) is 14.4 Å². The van der Waals surface area contributed by atoms with Gasteiger partial charge >= 0.3 is 6.03 Å². The number of carbonyl (C=O) groups excluding carboxylic acids is 3. The van der Waals surface area contributed by atoms with Gasteiger partial charge in [-0.3, -0.25) is 19.8 Å². The van der Waals surface area contributed by atoms with Crippen LogP contribution in [-0.2, 0) is 22.7 Å². The van der Waals surface area contributed by atoms with Gasteiger partial charge in [0.2, 0.25) is 0 Å². The Hall–Kier alpha value is -3.31. The number of amides is 4. The van der Waals surface area contributed by atoms with Crippen molar-refractivity contribution in [3.63, 3.8) is 0 Å². The Morgan fingerprint density at radius 2 is 1.89 bits per heavy atom. The van der Waals surface area contributed by atoms with Crippen molar-refractivity contribution in [2.75, 3.05) is 6.61 Å². The maximum atomic E-state index is 13.0. The Morgan fingerprint density at radius 1 is 1.11 bits per heavy atom. The Kier molecular flexibility index (Phi) is 7.76. The van der Waals surface area contributed by atoms with Gasteiger partial charge in [0.15, 0.2) is 11.5 Å². The van der Waals surface area contributed by atoms with Crippen LogP contribution in [0, 0.1) is 3.57 Å². The zero-order chi connectivity index (χ0) is 24.9. The Labute approximate surface area is 220 Å². The van der Waals surface area contributed by atoms with E-state index in [2.05, 4.69) is 27.9 Å². The lowest BCUT2D eigenvalue weighted by Gasteiger charge is -2.25. The smallest absolute Gasteiger partial charge is 0.331 e. The van der Waals surface area contributed by atoms with E-state index in [1.165, 1.54) is 12.3 Å². The molecule has 1 aromatic heterocycles. The van der Waals surface area contributed by atoms with Gasteiger partial charge in [0.05, 0.1) is 24.4 Å². The van der Waals surface area contributed by atoms with Crippen LogP contribution in [-0.4, -0.2) is 29.4 Å². The average Bonchev–Trinajstić information content (AvgIpc) is 3.34. The first kappa shape index (κ1) is 24.8. The molecule has 4 amide bonds. The minimum absolute atomic E-state index is 0.113. The van der Waals surface area contributed by atoms with E-state index in [0.29, 0.717) is 29.4 Å². The monoisotopic (exact) mass is 606 g/mol.